The summed E-state index contributed by atoms with van der Waals surface area (Å²) in [5.74, 6) is -0.767. The van der Waals surface area contributed by atoms with Crippen LogP contribution >= 0.6 is 11.6 Å². The highest BCUT2D eigenvalue weighted by Crippen LogP contribution is 2.34. The van der Waals surface area contributed by atoms with Crippen LogP contribution in [0.3, 0.4) is 0 Å². The molecule has 0 radical (unpaired) electrons. The summed E-state index contributed by atoms with van der Waals surface area (Å²) in [5, 5.41) is -0.514. The third-order valence-electron chi connectivity index (χ3n) is 3.03. The van der Waals surface area contributed by atoms with Gasteiger partial charge in [-0.05, 0) is 30.3 Å². The van der Waals surface area contributed by atoms with E-state index in [1.54, 1.807) is 10.6 Å². The van der Waals surface area contributed by atoms with Crippen molar-refractivity contribution in [3.05, 3.63) is 58.1 Å². The number of benzene rings is 2. The minimum atomic E-state index is -4.81. The molecule has 0 spiro atoms. The molecule has 0 aromatic heterocycles. The molecule has 0 atom stereocenters. The van der Waals surface area contributed by atoms with Gasteiger partial charge in [0.2, 0.25) is 0 Å². The zero-order chi connectivity index (χ0) is 19.0. The van der Waals surface area contributed by atoms with Crippen molar-refractivity contribution in [2.45, 2.75) is 11.1 Å². The lowest BCUT2D eigenvalue weighted by atomic mass is 10.2. The van der Waals surface area contributed by atoms with Gasteiger partial charge in [0.1, 0.15) is 10.7 Å². The van der Waals surface area contributed by atoms with Crippen molar-refractivity contribution < 1.29 is 30.4 Å². The number of alkyl halides is 3. The van der Waals surface area contributed by atoms with Crippen LogP contribution in [0.25, 0.3) is 0 Å². The molecule has 0 aliphatic heterocycles. The first-order valence-corrected chi connectivity index (χ1v) is 8.17. The SMILES string of the molecule is C#Cc1c(F)ccc(NS(=O)(=O)c2cc(C(F)(F)F)ccc2Cl)c1F. The summed E-state index contributed by atoms with van der Waals surface area (Å²) in [6, 6.07) is 3.09. The molecule has 10 heteroatoms. The van der Waals surface area contributed by atoms with Crippen LogP contribution in [0, 0.1) is 24.0 Å². The molecule has 0 fully saturated rings. The fraction of sp³-hybridized carbons (Fsp3) is 0.0667. The van der Waals surface area contributed by atoms with E-state index in [0.29, 0.717) is 18.2 Å². The standard InChI is InChI=1S/C15H7ClF5NO2S/c1-2-9-11(17)5-6-12(14(9)18)22-25(23,24)13-7-8(15(19,20)21)3-4-10(13)16/h1,3-7,22H. The summed E-state index contributed by atoms with van der Waals surface area (Å²) in [7, 11) is -4.70. The zero-order valence-corrected chi connectivity index (χ0v) is 13.5. The van der Waals surface area contributed by atoms with E-state index in [-0.39, 0.29) is 0 Å². The highest BCUT2D eigenvalue weighted by Gasteiger charge is 2.33. The molecule has 2 aromatic rings. The van der Waals surface area contributed by atoms with Crippen LogP contribution in [0.4, 0.5) is 27.6 Å². The van der Waals surface area contributed by atoms with Gasteiger partial charge in [0, 0.05) is 0 Å². The smallest absolute Gasteiger partial charge is 0.277 e. The third kappa shape index (κ3) is 3.86. The molecule has 0 heterocycles. The summed E-state index contributed by atoms with van der Waals surface area (Å²) >= 11 is 5.65. The zero-order valence-electron chi connectivity index (χ0n) is 12.0. The van der Waals surface area contributed by atoms with E-state index in [1.807, 2.05) is 0 Å². The van der Waals surface area contributed by atoms with Gasteiger partial charge >= 0.3 is 6.18 Å². The Bertz CT molecular complexity index is 981. The highest BCUT2D eigenvalue weighted by molar-refractivity contribution is 7.92. The molecular weight excluding hydrogens is 389 g/mol. The van der Waals surface area contributed by atoms with Crippen molar-refractivity contribution in [3.63, 3.8) is 0 Å². The molecule has 2 rings (SSSR count). The van der Waals surface area contributed by atoms with Crippen molar-refractivity contribution in [2.75, 3.05) is 4.72 Å². The average molecular weight is 396 g/mol. The Morgan fingerprint density at radius 1 is 1.12 bits per heavy atom. The van der Waals surface area contributed by atoms with Crippen molar-refractivity contribution in [2.24, 2.45) is 0 Å². The first kappa shape index (κ1) is 19.0. The van der Waals surface area contributed by atoms with Crippen molar-refractivity contribution in [1.82, 2.24) is 0 Å². The van der Waals surface area contributed by atoms with Gasteiger partial charge in [0.15, 0.2) is 5.82 Å². The second kappa shape index (κ2) is 6.54. The molecule has 3 nitrogen and oxygen atoms in total. The Morgan fingerprint density at radius 3 is 2.32 bits per heavy atom. The predicted molar refractivity (Wildman–Crippen MR) is 81.6 cm³/mol. The summed E-state index contributed by atoms with van der Waals surface area (Å²) in [6.45, 7) is 0. The Hall–Kier alpha value is -2.31. The largest absolute Gasteiger partial charge is 0.416 e. The van der Waals surface area contributed by atoms with E-state index < -0.39 is 54.6 Å². The van der Waals surface area contributed by atoms with Gasteiger partial charge in [-0.2, -0.15) is 13.2 Å². The molecule has 0 saturated carbocycles. The van der Waals surface area contributed by atoms with Crippen LogP contribution < -0.4 is 4.72 Å². The number of halogens is 6. The molecule has 0 amide bonds. The first-order chi connectivity index (χ1) is 11.5. The molecule has 25 heavy (non-hydrogen) atoms. The summed E-state index contributed by atoms with van der Waals surface area (Å²) < 4.78 is 91.8. The van der Waals surface area contributed by atoms with E-state index in [9.17, 15) is 30.4 Å². The van der Waals surface area contributed by atoms with Gasteiger partial charge in [-0.25, -0.2) is 17.2 Å². The number of hydrogen-bond acceptors (Lipinski definition) is 2. The number of hydrogen-bond donors (Lipinski definition) is 1. The lowest BCUT2D eigenvalue weighted by molar-refractivity contribution is -0.137. The van der Waals surface area contributed by atoms with E-state index in [4.69, 9.17) is 18.0 Å². The summed E-state index contributed by atoms with van der Waals surface area (Å²) in [5.41, 5.74) is -2.82. The van der Waals surface area contributed by atoms with Gasteiger partial charge in [-0.1, -0.05) is 17.5 Å². The Kier molecular flexibility index (Phi) is 4.97. The molecule has 2 aromatic carbocycles. The number of nitrogens with one attached hydrogen (secondary N) is 1. The predicted octanol–water partition coefficient (Wildman–Crippen LogP) is 4.42. The molecule has 0 bridgehead atoms. The molecule has 0 aliphatic carbocycles. The average Bonchev–Trinajstić information content (AvgIpc) is 2.49. The number of rotatable bonds is 3. The minimum absolute atomic E-state index is 0.300. The Labute approximate surface area is 144 Å². The lowest BCUT2D eigenvalue weighted by Crippen LogP contribution is -2.16. The second-order valence-electron chi connectivity index (χ2n) is 4.68. The Balaban J connectivity index is 2.53. The van der Waals surface area contributed by atoms with Crippen LogP contribution in [-0.4, -0.2) is 8.42 Å². The Morgan fingerprint density at radius 2 is 1.76 bits per heavy atom. The van der Waals surface area contributed by atoms with Crippen molar-refractivity contribution in [1.29, 1.82) is 0 Å². The fourth-order valence-electron chi connectivity index (χ4n) is 1.85. The monoisotopic (exact) mass is 395 g/mol. The number of anilines is 1. The lowest BCUT2D eigenvalue weighted by Gasteiger charge is -2.13. The molecular formula is C15H7ClF5NO2S. The van der Waals surface area contributed by atoms with Gasteiger partial charge in [0.05, 0.1) is 21.8 Å². The highest BCUT2D eigenvalue weighted by atomic mass is 35.5. The number of sulfonamides is 1. The second-order valence-corrected chi connectivity index (χ2v) is 6.73. The van der Waals surface area contributed by atoms with Crippen molar-refractivity contribution >= 4 is 27.3 Å². The molecule has 1 N–H and O–H groups in total. The van der Waals surface area contributed by atoms with Gasteiger partial charge < -0.3 is 0 Å². The van der Waals surface area contributed by atoms with Crippen LogP contribution in [0.15, 0.2) is 35.2 Å². The molecule has 0 saturated heterocycles. The molecule has 132 valence electrons. The van der Waals surface area contributed by atoms with E-state index in [2.05, 4.69) is 0 Å². The quantitative estimate of drug-likeness (QED) is 0.617. The topological polar surface area (TPSA) is 46.2 Å². The summed E-state index contributed by atoms with van der Waals surface area (Å²) in [4.78, 5) is -0.921. The number of terminal acetylenes is 1. The maximum Gasteiger partial charge on any atom is 0.416 e. The molecule has 0 aliphatic rings. The van der Waals surface area contributed by atoms with Gasteiger partial charge in [-0.3, -0.25) is 4.72 Å². The van der Waals surface area contributed by atoms with Crippen LogP contribution in [0.5, 0.6) is 0 Å². The summed E-state index contributed by atoms with van der Waals surface area (Å²) in [6.07, 6.45) is 0.121. The minimum Gasteiger partial charge on any atom is -0.277 e. The van der Waals surface area contributed by atoms with Gasteiger partial charge in [-0.15, -0.1) is 6.42 Å². The third-order valence-corrected chi connectivity index (χ3v) is 4.87. The first-order valence-electron chi connectivity index (χ1n) is 6.31. The van der Waals surface area contributed by atoms with E-state index in [0.717, 1.165) is 12.1 Å². The van der Waals surface area contributed by atoms with E-state index in [1.165, 1.54) is 0 Å². The van der Waals surface area contributed by atoms with Crippen LogP contribution in [0.2, 0.25) is 5.02 Å². The molecule has 0 unspecified atom stereocenters. The normalized spacial score (nSPS) is 11.9. The van der Waals surface area contributed by atoms with Crippen LogP contribution in [-0.2, 0) is 16.2 Å². The maximum absolute atomic E-state index is 14.0. The fourth-order valence-corrected chi connectivity index (χ4v) is 3.44. The van der Waals surface area contributed by atoms with Crippen LogP contribution in [0.1, 0.15) is 11.1 Å². The van der Waals surface area contributed by atoms with Gasteiger partial charge in [0.25, 0.3) is 10.0 Å². The van der Waals surface area contributed by atoms with Crippen molar-refractivity contribution in [3.8, 4) is 12.3 Å². The van der Waals surface area contributed by atoms with E-state index >= 15 is 0 Å². The maximum atomic E-state index is 14.0.